The molecule has 0 saturated heterocycles. The van der Waals surface area contributed by atoms with Gasteiger partial charge in [0.25, 0.3) is 0 Å². The Morgan fingerprint density at radius 3 is 2.68 bits per heavy atom. The highest BCUT2D eigenvalue weighted by molar-refractivity contribution is 5.98. The van der Waals surface area contributed by atoms with Crippen molar-refractivity contribution in [3.8, 4) is 11.4 Å². The minimum Gasteiger partial charge on any atom is -0.362 e. The summed E-state index contributed by atoms with van der Waals surface area (Å²) >= 11 is 0. The van der Waals surface area contributed by atoms with Gasteiger partial charge >= 0.3 is 0 Å². The number of carbonyl (C=O) groups is 1. The summed E-state index contributed by atoms with van der Waals surface area (Å²) in [4.78, 5) is 17.9. The molecule has 1 N–H and O–H groups in total. The number of nitrogens with zero attached hydrogens (tertiary/aromatic N) is 4. The fraction of sp³-hybridized carbons (Fsp3) is 0.316. The van der Waals surface area contributed by atoms with Crippen molar-refractivity contribution in [2.75, 3.05) is 13.1 Å². The second-order valence-electron chi connectivity index (χ2n) is 6.58. The van der Waals surface area contributed by atoms with Gasteiger partial charge in [0, 0.05) is 35.6 Å². The third-order valence-corrected chi connectivity index (χ3v) is 4.68. The van der Waals surface area contributed by atoms with Gasteiger partial charge in [-0.1, -0.05) is 30.3 Å². The van der Waals surface area contributed by atoms with Gasteiger partial charge in [0.2, 0.25) is 0 Å². The van der Waals surface area contributed by atoms with E-state index in [4.69, 9.17) is 0 Å². The minimum atomic E-state index is 0.151. The first-order valence-electron chi connectivity index (χ1n) is 8.51. The first-order chi connectivity index (χ1) is 12.1. The number of Topliss-reactive ketones (excluding diaryl/α,β-unsaturated/α-hetero) is 1. The number of rotatable bonds is 4. The maximum absolute atomic E-state index is 12.6. The maximum atomic E-state index is 12.6. The Bertz CT molecular complexity index is 909. The summed E-state index contributed by atoms with van der Waals surface area (Å²) in [7, 11) is 0. The molecule has 0 amide bonds. The van der Waals surface area contributed by atoms with Crippen LogP contribution in [0.3, 0.4) is 0 Å². The number of nitrogens with one attached hydrogen (secondary N) is 1. The molecule has 1 aromatic carbocycles. The highest BCUT2D eigenvalue weighted by Gasteiger charge is 2.24. The van der Waals surface area contributed by atoms with E-state index in [0.717, 1.165) is 47.3 Å². The van der Waals surface area contributed by atoms with E-state index in [9.17, 15) is 4.79 Å². The summed E-state index contributed by atoms with van der Waals surface area (Å²) in [5.74, 6) is 1.97. The number of fused-ring (bicyclic) bond motifs is 1. The summed E-state index contributed by atoms with van der Waals surface area (Å²) in [6.07, 6.45) is 0. The number of hydrogen-bond acceptors (Lipinski definition) is 4. The standard InChI is InChI=1S/C19H21N5O/c1-13-10-16(14(2)20-13)17(25)11-23-8-9-24-18(12-23)21-22-19(24)15-6-4-3-5-7-15/h3-7,10,20H,8-9,11-12H2,1-2H3. The van der Waals surface area contributed by atoms with Gasteiger partial charge in [-0.2, -0.15) is 0 Å². The van der Waals surface area contributed by atoms with E-state index in [0.29, 0.717) is 13.1 Å². The Balaban J connectivity index is 1.50. The molecule has 0 spiro atoms. The molecule has 6 heteroatoms. The fourth-order valence-electron chi connectivity index (χ4n) is 3.45. The third-order valence-electron chi connectivity index (χ3n) is 4.68. The van der Waals surface area contributed by atoms with Gasteiger partial charge in [-0.3, -0.25) is 9.69 Å². The molecule has 128 valence electrons. The van der Waals surface area contributed by atoms with Crippen molar-refractivity contribution in [1.29, 1.82) is 0 Å². The number of carbonyl (C=O) groups excluding carboxylic acids is 1. The van der Waals surface area contributed by atoms with E-state index in [2.05, 4.69) is 24.6 Å². The Morgan fingerprint density at radius 1 is 1.16 bits per heavy atom. The van der Waals surface area contributed by atoms with Crippen molar-refractivity contribution in [2.24, 2.45) is 0 Å². The molecule has 0 bridgehead atoms. The number of hydrogen-bond donors (Lipinski definition) is 1. The molecule has 1 aliphatic rings. The van der Waals surface area contributed by atoms with Crippen LogP contribution in [0.15, 0.2) is 36.4 Å². The van der Waals surface area contributed by atoms with Gasteiger partial charge in [-0.15, -0.1) is 10.2 Å². The molecule has 0 radical (unpaired) electrons. The number of H-pyrrole nitrogens is 1. The first-order valence-corrected chi connectivity index (χ1v) is 8.51. The van der Waals surface area contributed by atoms with Gasteiger partial charge in [0.15, 0.2) is 11.6 Å². The molecule has 4 rings (SSSR count). The van der Waals surface area contributed by atoms with Crippen LogP contribution >= 0.6 is 0 Å². The largest absolute Gasteiger partial charge is 0.362 e. The lowest BCUT2D eigenvalue weighted by atomic mass is 10.1. The summed E-state index contributed by atoms with van der Waals surface area (Å²) in [5, 5.41) is 8.69. The topological polar surface area (TPSA) is 66.8 Å². The van der Waals surface area contributed by atoms with Crippen molar-refractivity contribution < 1.29 is 4.79 Å². The van der Waals surface area contributed by atoms with Gasteiger partial charge in [-0.05, 0) is 19.9 Å². The molecule has 0 unspecified atom stereocenters. The molecule has 0 saturated carbocycles. The highest BCUT2D eigenvalue weighted by atomic mass is 16.1. The van der Waals surface area contributed by atoms with Crippen LogP contribution in [0.2, 0.25) is 0 Å². The summed E-state index contributed by atoms with van der Waals surface area (Å²) in [6.45, 7) is 6.58. The highest BCUT2D eigenvalue weighted by Crippen LogP contribution is 2.21. The molecule has 1 aliphatic heterocycles. The van der Waals surface area contributed by atoms with Crippen LogP contribution in [0.4, 0.5) is 0 Å². The lowest BCUT2D eigenvalue weighted by molar-refractivity contribution is 0.0908. The summed E-state index contributed by atoms with van der Waals surface area (Å²) < 4.78 is 2.15. The molecular formula is C19H21N5O. The smallest absolute Gasteiger partial charge is 0.178 e. The average molecular weight is 335 g/mol. The first kappa shape index (κ1) is 15.8. The minimum absolute atomic E-state index is 0.151. The number of aromatic amines is 1. The summed E-state index contributed by atoms with van der Waals surface area (Å²) in [5.41, 5.74) is 3.82. The molecule has 25 heavy (non-hydrogen) atoms. The van der Waals surface area contributed by atoms with Gasteiger partial charge in [0.1, 0.15) is 5.82 Å². The maximum Gasteiger partial charge on any atom is 0.178 e. The molecule has 0 fully saturated rings. The van der Waals surface area contributed by atoms with Crippen LogP contribution in [-0.4, -0.2) is 43.5 Å². The predicted octanol–water partition coefficient (Wildman–Crippen LogP) is 2.59. The second-order valence-corrected chi connectivity index (χ2v) is 6.58. The number of ketones is 1. The van der Waals surface area contributed by atoms with Crippen LogP contribution in [0.1, 0.15) is 27.6 Å². The Morgan fingerprint density at radius 2 is 1.96 bits per heavy atom. The van der Waals surface area contributed by atoms with Crippen molar-refractivity contribution >= 4 is 5.78 Å². The Labute approximate surface area is 146 Å². The van der Waals surface area contributed by atoms with Crippen molar-refractivity contribution in [3.63, 3.8) is 0 Å². The molecule has 2 aromatic heterocycles. The zero-order chi connectivity index (χ0) is 17.4. The van der Waals surface area contributed by atoms with Crippen molar-refractivity contribution in [1.82, 2.24) is 24.6 Å². The number of aryl methyl sites for hydroxylation is 2. The van der Waals surface area contributed by atoms with Crippen LogP contribution in [0, 0.1) is 13.8 Å². The molecule has 0 aliphatic carbocycles. The fourth-order valence-corrected chi connectivity index (χ4v) is 3.45. The van der Waals surface area contributed by atoms with Crippen LogP contribution in [0.5, 0.6) is 0 Å². The lowest BCUT2D eigenvalue weighted by Crippen LogP contribution is -2.37. The predicted molar refractivity (Wildman–Crippen MR) is 95.3 cm³/mol. The SMILES string of the molecule is Cc1cc(C(=O)CN2CCn3c(nnc3-c3ccccc3)C2)c(C)[nH]1. The van der Waals surface area contributed by atoms with E-state index in [1.807, 2.05) is 50.2 Å². The summed E-state index contributed by atoms with van der Waals surface area (Å²) in [6, 6.07) is 12.0. The number of aromatic nitrogens is 4. The molecular weight excluding hydrogens is 314 g/mol. The van der Waals surface area contributed by atoms with Gasteiger partial charge in [-0.25, -0.2) is 0 Å². The zero-order valence-electron chi connectivity index (χ0n) is 14.5. The van der Waals surface area contributed by atoms with Gasteiger partial charge in [0.05, 0.1) is 13.1 Å². The van der Waals surface area contributed by atoms with Crippen LogP contribution < -0.4 is 0 Å². The van der Waals surface area contributed by atoms with E-state index in [-0.39, 0.29) is 5.78 Å². The number of benzene rings is 1. The molecule has 3 aromatic rings. The average Bonchev–Trinajstić information content (AvgIpc) is 3.18. The molecule has 0 atom stereocenters. The van der Waals surface area contributed by atoms with E-state index in [1.165, 1.54) is 0 Å². The quantitative estimate of drug-likeness (QED) is 0.744. The van der Waals surface area contributed by atoms with E-state index >= 15 is 0 Å². The third kappa shape index (κ3) is 3.00. The lowest BCUT2D eigenvalue weighted by Gasteiger charge is -2.27. The van der Waals surface area contributed by atoms with Gasteiger partial charge < -0.3 is 9.55 Å². The van der Waals surface area contributed by atoms with Crippen LogP contribution in [-0.2, 0) is 13.1 Å². The normalized spacial score (nSPS) is 14.5. The van der Waals surface area contributed by atoms with E-state index in [1.54, 1.807) is 0 Å². The zero-order valence-corrected chi connectivity index (χ0v) is 14.5. The van der Waals surface area contributed by atoms with E-state index < -0.39 is 0 Å². The monoisotopic (exact) mass is 335 g/mol. The Hall–Kier alpha value is -2.73. The van der Waals surface area contributed by atoms with Crippen molar-refractivity contribution in [2.45, 2.75) is 26.9 Å². The second kappa shape index (κ2) is 6.29. The molecule has 6 nitrogen and oxygen atoms in total. The van der Waals surface area contributed by atoms with Crippen molar-refractivity contribution in [3.05, 3.63) is 59.2 Å². The Kier molecular flexibility index (Phi) is 3.97. The van der Waals surface area contributed by atoms with Crippen LogP contribution in [0.25, 0.3) is 11.4 Å². The molecule has 3 heterocycles.